The maximum atomic E-state index is 15.0. The van der Waals surface area contributed by atoms with Crippen LogP contribution in [0.1, 0.15) is 43.2 Å². The van der Waals surface area contributed by atoms with Crippen LogP contribution in [0.4, 0.5) is 5.69 Å². The molecule has 3 saturated heterocycles. The van der Waals surface area contributed by atoms with Crippen molar-refractivity contribution in [2.45, 2.75) is 66.4 Å². The van der Waals surface area contributed by atoms with Gasteiger partial charge in [-0.2, -0.15) is 0 Å². The third kappa shape index (κ3) is 6.45. The van der Waals surface area contributed by atoms with Crippen molar-refractivity contribution in [2.75, 3.05) is 31.1 Å². The summed E-state index contributed by atoms with van der Waals surface area (Å²) in [7, 11) is 0. The summed E-state index contributed by atoms with van der Waals surface area (Å²) in [5.74, 6) is -1.61. The van der Waals surface area contributed by atoms with E-state index < -0.39 is 22.6 Å². The molecule has 2 aromatic carbocycles. The molecule has 3 aliphatic rings. The lowest BCUT2D eigenvalue weighted by atomic mass is 9.70. The fraction of sp³-hybridized carbons (Fsp3) is 0.472. The zero-order valence-electron chi connectivity index (χ0n) is 26.3. The lowest BCUT2D eigenvalue weighted by Crippen LogP contribution is -2.56. The Morgan fingerprint density at radius 2 is 1.78 bits per heavy atom. The van der Waals surface area contributed by atoms with Gasteiger partial charge in [0.25, 0.3) is 5.91 Å². The number of fused-ring (bicyclic) bond motifs is 1. The topological polar surface area (TPSA) is 81.2 Å². The van der Waals surface area contributed by atoms with Gasteiger partial charge in [0.1, 0.15) is 6.04 Å². The van der Waals surface area contributed by atoms with Gasteiger partial charge in [-0.05, 0) is 43.4 Å². The number of alkyl halides is 1. The monoisotopic (exact) mass is 727 g/mol. The molecule has 10 heteroatoms. The first-order valence-electron chi connectivity index (χ1n) is 16.0. The lowest BCUT2D eigenvalue weighted by molar-refractivity contribution is -0.144. The van der Waals surface area contributed by atoms with Crippen LogP contribution < -0.4 is 4.90 Å². The number of hydrogen-bond acceptors (Lipinski definition) is 5. The smallest absolute Gasteiger partial charge is 0.251 e. The van der Waals surface area contributed by atoms with Crippen LogP contribution in [0.25, 0.3) is 0 Å². The van der Waals surface area contributed by atoms with Gasteiger partial charge in [0, 0.05) is 42.9 Å². The molecule has 3 aliphatic heterocycles. The zero-order valence-corrected chi connectivity index (χ0v) is 29.5. The van der Waals surface area contributed by atoms with E-state index in [-0.39, 0.29) is 41.0 Å². The molecular weight excluding hydrogens is 686 g/mol. The molecule has 0 saturated carbocycles. The summed E-state index contributed by atoms with van der Waals surface area (Å²) in [4.78, 5) is 49.4. The van der Waals surface area contributed by atoms with E-state index in [1.165, 1.54) is 0 Å². The Morgan fingerprint density at radius 3 is 2.46 bits per heavy atom. The first-order chi connectivity index (χ1) is 22.2. The Labute approximate surface area is 290 Å². The average molecular weight is 729 g/mol. The highest BCUT2D eigenvalue weighted by molar-refractivity contribution is 9.09. The number of thioether (sulfide) groups is 1. The molecule has 0 aromatic heterocycles. The number of aliphatic hydroxyl groups is 1. The first kappa shape index (κ1) is 34.7. The highest BCUT2D eigenvalue weighted by Gasteiger charge is 2.76. The Kier molecular flexibility index (Phi) is 11.4. The molecule has 5 rings (SSSR count). The number of likely N-dealkylation sites (tertiary alicyclic amines) is 1. The Bertz CT molecular complexity index is 1440. The van der Waals surface area contributed by atoms with Crippen LogP contribution in [0.5, 0.6) is 0 Å². The second kappa shape index (κ2) is 15.1. The number of nitrogens with zero attached hydrogens (tertiary/aromatic N) is 3. The number of unbranched alkanes of at least 4 members (excludes halogenated alkanes) is 3. The number of carbonyl (C=O) groups excluding carboxylic acids is 3. The van der Waals surface area contributed by atoms with Crippen molar-refractivity contribution < 1.29 is 19.5 Å². The van der Waals surface area contributed by atoms with Crippen LogP contribution in [-0.4, -0.2) is 79.7 Å². The minimum atomic E-state index is -0.778. The largest absolute Gasteiger partial charge is 0.396 e. The normalized spacial score (nSPS) is 26.2. The van der Waals surface area contributed by atoms with E-state index in [9.17, 15) is 19.5 Å². The zero-order chi connectivity index (χ0) is 33.0. The molecule has 3 heterocycles. The number of hydrogen-bond donors (Lipinski definition) is 1. The van der Waals surface area contributed by atoms with Crippen LogP contribution in [0.2, 0.25) is 5.02 Å². The number of benzene rings is 2. The van der Waals surface area contributed by atoms with Crippen molar-refractivity contribution >= 4 is 62.7 Å². The molecule has 7 nitrogen and oxygen atoms in total. The van der Waals surface area contributed by atoms with Crippen molar-refractivity contribution in [1.82, 2.24) is 9.80 Å². The van der Waals surface area contributed by atoms with E-state index >= 15 is 0 Å². The summed E-state index contributed by atoms with van der Waals surface area (Å²) in [6.45, 7) is 11.3. The number of rotatable bonds is 15. The van der Waals surface area contributed by atoms with E-state index in [0.29, 0.717) is 49.6 Å². The Balaban J connectivity index is 1.55. The Hall–Kier alpha value is -2.59. The van der Waals surface area contributed by atoms with Crippen molar-refractivity contribution in [3.63, 3.8) is 0 Å². The molecule has 246 valence electrons. The van der Waals surface area contributed by atoms with Gasteiger partial charge in [0.2, 0.25) is 11.8 Å². The Morgan fingerprint density at radius 1 is 1.07 bits per heavy atom. The molecule has 3 unspecified atom stereocenters. The molecule has 1 N–H and O–H groups in total. The van der Waals surface area contributed by atoms with Gasteiger partial charge < -0.3 is 19.8 Å². The molecule has 0 radical (unpaired) electrons. The molecule has 3 fully saturated rings. The number of carbonyl (C=O) groups is 3. The number of amides is 3. The number of para-hydroxylation sites is 1. The van der Waals surface area contributed by atoms with Gasteiger partial charge in [0.05, 0.1) is 27.3 Å². The molecule has 2 bridgehead atoms. The van der Waals surface area contributed by atoms with E-state index in [1.54, 1.807) is 44.7 Å². The van der Waals surface area contributed by atoms with Crippen LogP contribution in [-0.2, 0) is 20.9 Å². The molecule has 0 aliphatic carbocycles. The number of halogens is 2. The molecular formula is C36H43BrClN3O4S. The predicted octanol–water partition coefficient (Wildman–Crippen LogP) is 6.40. The first-order valence-corrected chi connectivity index (χ1v) is 18.2. The van der Waals surface area contributed by atoms with E-state index in [1.807, 2.05) is 49.4 Å². The highest BCUT2D eigenvalue weighted by Crippen LogP contribution is 2.68. The van der Waals surface area contributed by atoms with E-state index in [4.69, 9.17) is 11.6 Å². The van der Waals surface area contributed by atoms with Crippen molar-refractivity contribution in [3.05, 3.63) is 90.0 Å². The summed E-state index contributed by atoms with van der Waals surface area (Å²) < 4.78 is -0.778. The number of anilines is 1. The third-order valence-electron chi connectivity index (χ3n) is 9.53. The maximum absolute atomic E-state index is 15.0. The van der Waals surface area contributed by atoms with Crippen LogP contribution >= 0.6 is 39.3 Å². The van der Waals surface area contributed by atoms with Crippen molar-refractivity contribution in [3.8, 4) is 0 Å². The summed E-state index contributed by atoms with van der Waals surface area (Å²) in [5, 5.41) is 9.58. The fourth-order valence-electron chi connectivity index (χ4n) is 7.62. The number of aryl methyl sites for hydroxylation is 1. The molecule has 1 spiro atoms. The highest BCUT2D eigenvalue weighted by atomic mass is 79.9. The summed E-state index contributed by atoms with van der Waals surface area (Å²) in [6, 6.07) is 14.6. The van der Waals surface area contributed by atoms with E-state index in [0.717, 1.165) is 24.0 Å². The van der Waals surface area contributed by atoms with Crippen LogP contribution in [0.3, 0.4) is 0 Å². The minimum absolute atomic E-state index is 0.0347. The lowest BCUT2D eigenvalue weighted by Gasteiger charge is -2.39. The molecule has 6 atom stereocenters. The van der Waals surface area contributed by atoms with Crippen molar-refractivity contribution in [1.29, 1.82) is 0 Å². The van der Waals surface area contributed by atoms with Crippen LogP contribution in [0, 0.1) is 18.8 Å². The predicted molar refractivity (Wildman–Crippen MR) is 190 cm³/mol. The van der Waals surface area contributed by atoms with Crippen LogP contribution in [0.15, 0.2) is 73.8 Å². The van der Waals surface area contributed by atoms with Crippen molar-refractivity contribution in [2.24, 2.45) is 11.8 Å². The fourth-order valence-corrected chi connectivity index (χ4v) is 11.5. The number of aliphatic hydroxyl groups excluding tert-OH is 1. The molecule has 3 amide bonds. The SMILES string of the molecule is C=CCN(Cc1ccccc1)C(=O)[C@H]1[C@H]2C(=O)N(CCCCCCO)C(C(=O)N(CC=C)c3c(C)cccc3Cl)C23CC(Br)[C@@H]1S3. The minimum Gasteiger partial charge on any atom is -0.396 e. The van der Waals surface area contributed by atoms with Gasteiger partial charge in [-0.1, -0.05) is 95.0 Å². The third-order valence-corrected chi connectivity index (χ3v) is 13.1. The molecule has 2 aromatic rings. The van der Waals surface area contributed by atoms with Gasteiger partial charge >= 0.3 is 0 Å². The van der Waals surface area contributed by atoms with Gasteiger partial charge in [0.15, 0.2) is 0 Å². The van der Waals surface area contributed by atoms with Gasteiger partial charge in [-0.15, -0.1) is 24.9 Å². The maximum Gasteiger partial charge on any atom is 0.251 e. The average Bonchev–Trinajstić information content (AvgIpc) is 3.63. The summed E-state index contributed by atoms with van der Waals surface area (Å²) in [6.07, 6.45) is 7.07. The van der Waals surface area contributed by atoms with Gasteiger partial charge in [-0.3, -0.25) is 14.4 Å². The molecule has 46 heavy (non-hydrogen) atoms. The second-order valence-electron chi connectivity index (χ2n) is 12.5. The quantitative estimate of drug-likeness (QED) is 0.131. The summed E-state index contributed by atoms with van der Waals surface area (Å²) >= 11 is 12.3. The second-order valence-corrected chi connectivity index (χ2v) is 15.6. The van der Waals surface area contributed by atoms with Gasteiger partial charge in [-0.25, -0.2) is 0 Å². The summed E-state index contributed by atoms with van der Waals surface area (Å²) in [5.41, 5.74) is 2.47. The van der Waals surface area contributed by atoms with E-state index in [2.05, 4.69) is 29.1 Å². The standard InChI is InChI=1S/C36H43BrClN3O4S/c1-4-18-39(23-25-15-9-8-10-16-25)33(43)28-29-34(44)41(20-11-6-7-12-21-42)32(36(29)22-26(37)31(28)46-36)35(45)40(19-5-2)30-24(3)14-13-17-27(30)38/h4-5,8-10,13-17,26,28-29,31-32,42H,1-2,6-7,11-12,18-23H2,3H3/t26?,28-,29-,31-,32?,36?/m0/s1.